The van der Waals surface area contributed by atoms with Crippen LogP contribution in [-0.2, 0) is 16.9 Å². The first kappa shape index (κ1) is 17.7. The van der Waals surface area contributed by atoms with Gasteiger partial charge in [0.05, 0.1) is 6.54 Å². The van der Waals surface area contributed by atoms with Crippen LogP contribution in [0.4, 0.5) is 4.39 Å². The van der Waals surface area contributed by atoms with Gasteiger partial charge >= 0.3 is 0 Å². The molecule has 2 heterocycles. The number of aryl methyl sites for hydroxylation is 1. The molecule has 0 saturated carbocycles. The van der Waals surface area contributed by atoms with Crippen LogP contribution in [-0.4, -0.2) is 14.8 Å². The Hall–Kier alpha value is -1.73. The number of nitrogens with zero attached hydrogens (tertiary/aromatic N) is 2. The Kier molecular flexibility index (Phi) is 4.39. The number of H-pyrrole nitrogens is 1. The van der Waals surface area contributed by atoms with Gasteiger partial charge in [-0.2, -0.15) is 0 Å². The predicted octanol–water partition coefficient (Wildman–Crippen LogP) is 5.36. The SMILES string of the molecule is Cc1cc(Cl)ccc1C1OC1(Cn1[nH]cnc1=S)c1ccc(F)cc1Cl. The lowest BCUT2D eigenvalue weighted by molar-refractivity contribution is 0.261. The van der Waals surface area contributed by atoms with Crippen LogP contribution in [0.1, 0.15) is 22.8 Å². The summed E-state index contributed by atoms with van der Waals surface area (Å²) in [6.07, 6.45) is 1.26. The molecule has 4 rings (SSSR count). The van der Waals surface area contributed by atoms with Gasteiger partial charge in [-0.25, -0.2) is 9.37 Å². The van der Waals surface area contributed by atoms with Gasteiger partial charge < -0.3 is 4.74 Å². The zero-order chi connectivity index (χ0) is 18.5. The van der Waals surface area contributed by atoms with Crippen LogP contribution in [0.15, 0.2) is 42.7 Å². The molecule has 1 N–H and O–H groups in total. The standard InChI is InChI=1S/C18H14Cl2FN3OS/c1-10-6-11(19)2-4-13(10)16-18(25-16,8-24-17(26)22-9-23-24)14-5-3-12(21)7-15(14)20/h2-7,9,16H,8H2,1H3,(H,22,23,26). The van der Waals surface area contributed by atoms with E-state index in [0.29, 0.717) is 26.9 Å². The molecule has 1 fully saturated rings. The lowest BCUT2D eigenvalue weighted by atomic mass is 9.90. The number of benzene rings is 2. The van der Waals surface area contributed by atoms with Crippen molar-refractivity contribution in [1.29, 1.82) is 0 Å². The fraction of sp³-hybridized carbons (Fsp3) is 0.222. The number of ether oxygens (including phenoxy) is 1. The number of hydrogen-bond acceptors (Lipinski definition) is 3. The van der Waals surface area contributed by atoms with E-state index < -0.39 is 11.4 Å². The normalized spacial score (nSPS) is 21.8. The van der Waals surface area contributed by atoms with Crippen molar-refractivity contribution in [2.24, 2.45) is 0 Å². The van der Waals surface area contributed by atoms with Gasteiger partial charge in [0.15, 0.2) is 0 Å². The zero-order valence-corrected chi connectivity index (χ0v) is 16.0. The van der Waals surface area contributed by atoms with Gasteiger partial charge in [-0.3, -0.25) is 9.78 Å². The molecule has 26 heavy (non-hydrogen) atoms. The van der Waals surface area contributed by atoms with E-state index in [1.54, 1.807) is 10.7 Å². The summed E-state index contributed by atoms with van der Waals surface area (Å²) in [4.78, 5) is 4.04. The molecule has 1 aliphatic rings. The molecule has 0 spiro atoms. The van der Waals surface area contributed by atoms with Crippen molar-refractivity contribution in [3.05, 3.63) is 80.0 Å². The fourth-order valence-corrected chi connectivity index (χ4v) is 4.02. The number of aromatic nitrogens is 3. The molecule has 0 radical (unpaired) electrons. The molecule has 134 valence electrons. The van der Waals surface area contributed by atoms with Crippen molar-refractivity contribution in [1.82, 2.24) is 14.8 Å². The summed E-state index contributed by atoms with van der Waals surface area (Å²) in [5, 5.41) is 3.95. The minimum absolute atomic E-state index is 0.257. The van der Waals surface area contributed by atoms with Gasteiger partial charge in [-0.05, 0) is 54.5 Å². The molecule has 2 unspecified atom stereocenters. The van der Waals surface area contributed by atoms with Crippen molar-refractivity contribution in [2.45, 2.75) is 25.2 Å². The molecular formula is C18H14Cl2FN3OS. The lowest BCUT2D eigenvalue weighted by Gasteiger charge is -2.16. The lowest BCUT2D eigenvalue weighted by Crippen LogP contribution is -2.21. The second-order valence-electron chi connectivity index (χ2n) is 6.27. The average molecular weight is 410 g/mol. The average Bonchev–Trinajstić information content (AvgIpc) is 3.13. The number of nitrogens with one attached hydrogen (secondary N) is 1. The highest BCUT2D eigenvalue weighted by atomic mass is 35.5. The monoisotopic (exact) mass is 409 g/mol. The summed E-state index contributed by atoms with van der Waals surface area (Å²) in [6, 6.07) is 9.97. The van der Waals surface area contributed by atoms with Crippen LogP contribution < -0.4 is 0 Å². The van der Waals surface area contributed by atoms with Crippen LogP contribution >= 0.6 is 35.4 Å². The van der Waals surface area contributed by atoms with E-state index >= 15 is 0 Å². The van der Waals surface area contributed by atoms with E-state index in [4.69, 9.17) is 40.2 Å². The second-order valence-corrected chi connectivity index (χ2v) is 7.48. The summed E-state index contributed by atoms with van der Waals surface area (Å²) >= 11 is 17.7. The van der Waals surface area contributed by atoms with Crippen LogP contribution in [0.25, 0.3) is 0 Å². The molecule has 1 saturated heterocycles. The molecule has 8 heteroatoms. The molecule has 0 amide bonds. The molecular weight excluding hydrogens is 396 g/mol. The van der Waals surface area contributed by atoms with Gasteiger partial charge in [0.25, 0.3) is 0 Å². The first-order valence-electron chi connectivity index (χ1n) is 7.90. The summed E-state index contributed by atoms with van der Waals surface area (Å²) in [5.74, 6) is -0.396. The third-order valence-electron chi connectivity index (χ3n) is 4.61. The Balaban J connectivity index is 1.81. The predicted molar refractivity (Wildman–Crippen MR) is 101 cm³/mol. The van der Waals surface area contributed by atoms with Gasteiger partial charge in [0.2, 0.25) is 4.77 Å². The fourth-order valence-electron chi connectivity index (χ4n) is 3.29. The molecule has 3 aromatic rings. The largest absolute Gasteiger partial charge is 0.354 e. The maximum atomic E-state index is 13.5. The Labute approximate surface area is 164 Å². The van der Waals surface area contributed by atoms with Crippen LogP contribution in [0.5, 0.6) is 0 Å². The van der Waals surface area contributed by atoms with E-state index in [-0.39, 0.29) is 6.10 Å². The number of halogens is 3. The van der Waals surface area contributed by atoms with Gasteiger partial charge in [-0.1, -0.05) is 35.3 Å². The number of hydrogen-bond donors (Lipinski definition) is 1. The van der Waals surface area contributed by atoms with Gasteiger partial charge in [-0.15, -0.1) is 0 Å². The van der Waals surface area contributed by atoms with E-state index in [2.05, 4.69) is 10.1 Å². The Morgan fingerprint density at radius 2 is 2.12 bits per heavy atom. The van der Waals surface area contributed by atoms with Crippen LogP contribution in [0.3, 0.4) is 0 Å². The molecule has 2 atom stereocenters. The highest BCUT2D eigenvalue weighted by Crippen LogP contribution is 2.60. The van der Waals surface area contributed by atoms with Crippen molar-refractivity contribution >= 4 is 35.4 Å². The number of rotatable bonds is 4. The van der Waals surface area contributed by atoms with E-state index in [1.807, 2.05) is 25.1 Å². The first-order chi connectivity index (χ1) is 12.4. The van der Waals surface area contributed by atoms with Gasteiger partial charge in [0.1, 0.15) is 23.8 Å². The Bertz CT molecular complexity index is 1050. The Morgan fingerprint density at radius 3 is 2.77 bits per heavy atom. The third kappa shape index (κ3) is 2.97. The van der Waals surface area contributed by atoms with Crippen molar-refractivity contribution in [3.8, 4) is 0 Å². The third-order valence-corrected chi connectivity index (χ3v) is 5.48. The van der Waals surface area contributed by atoms with Crippen molar-refractivity contribution in [2.75, 3.05) is 0 Å². The summed E-state index contributed by atoms with van der Waals surface area (Å²) in [6.45, 7) is 2.35. The molecule has 0 aliphatic carbocycles. The van der Waals surface area contributed by atoms with Crippen molar-refractivity contribution in [3.63, 3.8) is 0 Å². The quantitative estimate of drug-likeness (QED) is 0.465. The molecule has 4 nitrogen and oxygen atoms in total. The Morgan fingerprint density at radius 1 is 1.31 bits per heavy atom. The highest BCUT2D eigenvalue weighted by Gasteiger charge is 2.60. The van der Waals surface area contributed by atoms with Crippen molar-refractivity contribution < 1.29 is 9.13 Å². The topological polar surface area (TPSA) is 46.1 Å². The second kappa shape index (κ2) is 6.46. The summed E-state index contributed by atoms with van der Waals surface area (Å²) in [7, 11) is 0. The number of epoxide rings is 1. The summed E-state index contributed by atoms with van der Waals surface area (Å²) < 4.78 is 21.8. The maximum Gasteiger partial charge on any atom is 0.215 e. The minimum atomic E-state index is -0.770. The van der Waals surface area contributed by atoms with E-state index in [9.17, 15) is 4.39 Å². The first-order valence-corrected chi connectivity index (χ1v) is 9.07. The maximum absolute atomic E-state index is 13.5. The van der Waals surface area contributed by atoms with Crippen LogP contribution in [0.2, 0.25) is 10.0 Å². The smallest absolute Gasteiger partial charge is 0.215 e. The minimum Gasteiger partial charge on any atom is -0.354 e. The molecule has 1 aliphatic heterocycles. The van der Waals surface area contributed by atoms with Crippen LogP contribution in [0, 0.1) is 17.5 Å². The van der Waals surface area contributed by atoms with E-state index in [1.165, 1.54) is 18.5 Å². The van der Waals surface area contributed by atoms with Gasteiger partial charge in [0, 0.05) is 15.6 Å². The summed E-state index contributed by atoms with van der Waals surface area (Å²) in [5.41, 5.74) is 1.95. The van der Waals surface area contributed by atoms with E-state index in [0.717, 1.165) is 11.1 Å². The zero-order valence-electron chi connectivity index (χ0n) is 13.7. The molecule has 0 bridgehead atoms. The highest BCUT2D eigenvalue weighted by molar-refractivity contribution is 7.71. The molecule has 1 aromatic heterocycles. The number of aromatic amines is 1. The molecule has 2 aromatic carbocycles.